The Morgan fingerprint density at radius 2 is 1.19 bits per heavy atom. The molecule has 1 aromatic carbocycles. The van der Waals surface area contributed by atoms with Gasteiger partial charge < -0.3 is 4.74 Å². The van der Waals surface area contributed by atoms with Crippen LogP contribution in [0.3, 0.4) is 0 Å². The fourth-order valence-electron chi connectivity index (χ4n) is 3.53. The van der Waals surface area contributed by atoms with E-state index in [1.807, 2.05) is 12.1 Å². The molecular weight excluding hydrogens is 338 g/mol. The quantitative estimate of drug-likeness (QED) is 0.296. The zero-order chi connectivity index (χ0) is 19.3. The molecule has 0 bridgehead atoms. The summed E-state index contributed by atoms with van der Waals surface area (Å²) in [6.45, 7) is 4.52. The third-order valence-electron chi connectivity index (χ3n) is 5.19. The van der Waals surface area contributed by atoms with Crippen LogP contribution in [0.1, 0.15) is 98.3 Å². The Morgan fingerprint density at radius 1 is 0.704 bits per heavy atom. The van der Waals surface area contributed by atoms with Crippen molar-refractivity contribution in [1.29, 1.82) is 0 Å². The lowest BCUT2D eigenvalue weighted by Crippen LogP contribution is -2.30. The van der Waals surface area contributed by atoms with Gasteiger partial charge in [-0.05, 0) is 31.4 Å². The molecule has 2 rings (SSSR count). The van der Waals surface area contributed by atoms with Crippen LogP contribution in [0.4, 0.5) is 0 Å². The number of imide groups is 1. The van der Waals surface area contributed by atoms with Gasteiger partial charge in [0.2, 0.25) is 0 Å². The van der Waals surface area contributed by atoms with E-state index >= 15 is 0 Å². The minimum atomic E-state index is -0.140. The van der Waals surface area contributed by atoms with Crippen molar-refractivity contribution >= 4 is 11.8 Å². The molecule has 1 aliphatic rings. The van der Waals surface area contributed by atoms with E-state index in [-0.39, 0.29) is 11.8 Å². The second kappa shape index (κ2) is 12.7. The molecule has 0 aromatic heterocycles. The van der Waals surface area contributed by atoms with Crippen molar-refractivity contribution in [3.8, 4) is 0 Å². The molecule has 27 heavy (non-hydrogen) atoms. The van der Waals surface area contributed by atoms with E-state index in [2.05, 4.69) is 6.92 Å². The standard InChI is InChI=1S/C23H35NO3/c1-2-3-4-5-8-13-18-27-19-14-9-6-7-12-17-24-22(25)20-15-10-11-16-21(20)23(24)26/h10-11,15-16H,2-9,12-14,17-19H2,1H3. The fourth-order valence-corrected chi connectivity index (χ4v) is 3.53. The third kappa shape index (κ3) is 7.10. The number of fused-ring (bicyclic) bond motifs is 1. The van der Waals surface area contributed by atoms with Crippen LogP contribution in [-0.4, -0.2) is 36.5 Å². The van der Waals surface area contributed by atoms with Gasteiger partial charge in [0, 0.05) is 19.8 Å². The molecule has 0 saturated carbocycles. The average molecular weight is 374 g/mol. The van der Waals surface area contributed by atoms with Crippen LogP contribution < -0.4 is 0 Å². The number of unbranched alkanes of at least 4 members (excludes halogenated alkanes) is 9. The van der Waals surface area contributed by atoms with Gasteiger partial charge in [0.15, 0.2) is 0 Å². The monoisotopic (exact) mass is 373 g/mol. The second-order valence-electron chi connectivity index (χ2n) is 7.46. The fraction of sp³-hybridized carbons (Fsp3) is 0.652. The van der Waals surface area contributed by atoms with E-state index in [0.717, 1.165) is 45.3 Å². The highest BCUT2D eigenvalue weighted by Crippen LogP contribution is 2.22. The molecule has 2 amide bonds. The number of hydrogen-bond acceptors (Lipinski definition) is 3. The predicted molar refractivity (Wildman–Crippen MR) is 109 cm³/mol. The highest BCUT2D eigenvalue weighted by atomic mass is 16.5. The molecular formula is C23H35NO3. The molecule has 0 saturated heterocycles. The Labute approximate surface area is 164 Å². The van der Waals surface area contributed by atoms with Crippen molar-refractivity contribution in [1.82, 2.24) is 4.90 Å². The van der Waals surface area contributed by atoms with E-state index < -0.39 is 0 Å². The molecule has 0 spiro atoms. The van der Waals surface area contributed by atoms with Crippen LogP contribution >= 0.6 is 0 Å². The minimum absolute atomic E-state index is 0.140. The maximum absolute atomic E-state index is 12.3. The number of carbonyl (C=O) groups is 2. The van der Waals surface area contributed by atoms with Crippen LogP contribution in [0.2, 0.25) is 0 Å². The average Bonchev–Trinajstić information content (AvgIpc) is 2.93. The summed E-state index contributed by atoms with van der Waals surface area (Å²) in [6.07, 6.45) is 13.1. The SMILES string of the molecule is CCCCCCCCOCCCCCCCN1C(=O)c2ccccc2C1=O. The van der Waals surface area contributed by atoms with Crippen molar-refractivity contribution in [2.75, 3.05) is 19.8 Å². The van der Waals surface area contributed by atoms with Crippen molar-refractivity contribution in [3.05, 3.63) is 35.4 Å². The number of amides is 2. The molecule has 0 radical (unpaired) electrons. The largest absolute Gasteiger partial charge is 0.381 e. The van der Waals surface area contributed by atoms with E-state index in [1.165, 1.54) is 43.4 Å². The number of nitrogens with zero attached hydrogens (tertiary/aromatic N) is 1. The highest BCUT2D eigenvalue weighted by Gasteiger charge is 2.34. The van der Waals surface area contributed by atoms with Crippen LogP contribution in [0.15, 0.2) is 24.3 Å². The first-order chi connectivity index (χ1) is 13.3. The lowest BCUT2D eigenvalue weighted by Gasteiger charge is -2.13. The summed E-state index contributed by atoms with van der Waals surface area (Å²) in [7, 11) is 0. The van der Waals surface area contributed by atoms with Crippen molar-refractivity contribution in [2.24, 2.45) is 0 Å². The van der Waals surface area contributed by atoms with Crippen molar-refractivity contribution < 1.29 is 14.3 Å². The van der Waals surface area contributed by atoms with Crippen LogP contribution in [0.5, 0.6) is 0 Å². The first-order valence-electron chi connectivity index (χ1n) is 10.8. The van der Waals surface area contributed by atoms with Crippen molar-refractivity contribution in [3.63, 3.8) is 0 Å². The van der Waals surface area contributed by atoms with Gasteiger partial charge in [0.25, 0.3) is 11.8 Å². The maximum atomic E-state index is 12.3. The van der Waals surface area contributed by atoms with Gasteiger partial charge in [-0.15, -0.1) is 0 Å². The molecule has 0 atom stereocenters. The summed E-state index contributed by atoms with van der Waals surface area (Å²) >= 11 is 0. The van der Waals surface area contributed by atoms with E-state index in [4.69, 9.17) is 4.74 Å². The van der Waals surface area contributed by atoms with Crippen molar-refractivity contribution in [2.45, 2.75) is 77.6 Å². The molecule has 0 N–H and O–H groups in total. The summed E-state index contributed by atoms with van der Waals surface area (Å²) in [4.78, 5) is 25.9. The number of benzene rings is 1. The zero-order valence-corrected chi connectivity index (χ0v) is 16.9. The summed E-state index contributed by atoms with van der Waals surface area (Å²) < 4.78 is 5.69. The number of carbonyl (C=O) groups excluding carboxylic acids is 2. The van der Waals surface area contributed by atoms with Gasteiger partial charge in [0.05, 0.1) is 11.1 Å². The lowest BCUT2D eigenvalue weighted by molar-refractivity contribution is 0.0651. The van der Waals surface area contributed by atoms with Gasteiger partial charge in [0.1, 0.15) is 0 Å². The van der Waals surface area contributed by atoms with Gasteiger partial charge in [-0.1, -0.05) is 70.4 Å². The topological polar surface area (TPSA) is 46.6 Å². The van der Waals surface area contributed by atoms with E-state index in [9.17, 15) is 9.59 Å². The highest BCUT2D eigenvalue weighted by molar-refractivity contribution is 6.21. The Morgan fingerprint density at radius 3 is 1.74 bits per heavy atom. The third-order valence-corrected chi connectivity index (χ3v) is 5.19. The molecule has 4 nitrogen and oxygen atoms in total. The number of ether oxygens (including phenoxy) is 1. The van der Waals surface area contributed by atoms with Gasteiger partial charge in [-0.2, -0.15) is 0 Å². The first kappa shape index (κ1) is 21.6. The molecule has 1 aliphatic heterocycles. The number of rotatable bonds is 15. The summed E-state index contributed by atoms with van der Waals surface area (Å²) in [5, 5.41) is 0. The van der Waals surface area contributed by atoms with Crippen LogP contribution in [-0.2, 0) is 4.74 Å². The second-order valence-corrected chi connectivity index (χ2v) is 7.46. The predicted octanol–water partition coefficient (Wildman–Crippen LogP) is 5.61. The Kier molecular flexibility index (Phi) is 10.1. The van der Waals surface area contributed by atoms with Gasteiger partial charge in [-0.3, -0.25) is 14.5 Å². The summed E-state index contributed by atoms with van der Waals surface area (Å²) in [5.74, 6) is -0.280. The van der Waals surface area contributed by atoms with Gasteiger partial charge >= 0.3 is 0 Å². The molecule has 0 unspecified atom stereocenters. The molecule has 1 heterocycles. The smallest absolute Gasteiger partial charge is 0.261 e. The summed E-state index contributed by atoms with van der Waals surface area (Å²) in [6, 6.07) is 7.09. The first-order valence-corrected chi connectivity index (χ1v) is 10.8. The molecule has 150 valence electrons. The molecule has 0 aliphatic carbocycles. The normalized spacial score (nSPS) is 13.4. The Balaban J connectivity index is 1.43. The molecule has 0 fully saturated rings. The Hall–Kier alpha value is -1.68. The van der Waals surface area contributed by atoms with Crippen LogP contribution in [0, 0.1) is 0 Å². The maximum Gasteiger partial charge on any atom is 0.261 e. The molecule has 1 aromatic rings. The molecule has 4 heteroatoms. The number of hydrogen-bond donors (Lipinski definition) is 0. The minimum Gasteiger partial charge on any atom is -0.381 e. The Bertz CT molecular complexity index is 550. The van der Waals surface area contributed by atoms with Gasteiger partial charge in [-0.25, -0.2) is 0 Å². The van der Waals surface area contributed by atoms with E-state index in [0.29, 0.717) is 17.7 Å². The van der Waals surface area contributed by atoms with Crippen LogP contribution in [0.25, 0.3) is 0 Å². The zero-order valence-electron chi connectivity index (χ0n) is 16.9. The summed E-state index contributed by atoms with van der Waals surface area (Å²) in [5.41, 5.74) is 1.09. The lowest BCUT2D eigenvalue weighted by atomic mass is 10.1. The van der Waals surface area contributed by atoms with E-state index in [1.54, 1.807) is 12.1 Å².